The van der Waals surface area contributed by atoms with Crippen molar-refractivity contribution in [2.24, 2.45) is 5.92 Å². The monoisotopic (exact) mass is 340 g/mol. The van der Waals surface area contributed by atoms with E-state index in [-0.39, 0.29) is 17.7 Å². The van der Waals surface area contributed by atoms with Crippen LogP contribution in [0.5, 0.6) is 11.5 Å². The highest BCUT2D eigenvalue weighted by Crippen LogP contribution is 2.33. The zero-order valence-electron chi connectivity index (χ0n) is 14.4. The number of hydrogen-bond donors (Lipinski definition) is 1. The molecule has 130 valence electrons. The fourth-order valence-corrected chi connectivity index (χ4v) is 2.84. The van der Waals surface area contributed by atoms with Crippen molar-refractivity contribution in [1.82, 2.24) is 0 Å². The van der Waals surface area contributed by atoms with Gasteiger partial charge in [0.1, 0.15) is 0 Å². The fourth-order valence-electron chi connectivity index (χ4n) is 2.84. The summed E-state index contributed by atoms with van der Waals surface area (Å²) in [5.74, 6) is 0.419. The minimum atomic E-state index is -0.323. The fraction of sp³-hybridized carbons (Fsp3) is 0.263. The summed E-state index contributed by atoms with van der Waals surface area (Å²) in [5.41, 5.74) is 1.78. The van der Waals surface area contributed by atoms with Crippen LogP contribution in [0, 0.1) is 5.92 Å². The standard InChI is InChI=1S/C19H20N2O4/c1-12-11-21(15-7-5-4-6-14(15)20-18(12)22)19(23)13-8-9-16(24-2)17(10-13)25-3/h4-10,12H,11H2,1-3H3,(H,20,22). The average Bonchev–Trinajstić information content (AvgIpc) is 2.77. The van der Waals surface area contributed by atoms with Gasteiger partial charge in [-0.3, -0.25) is 9.59 Å². The van der Waals surface area contributed by atoms with Crippen molar-refractivity contribution in [2.45, 2.75) is 6.92 Å². The summed E-state index contributed by atoms with van der Waals surface area (Å²) in [6.07, 6.45) is 0. The van der Waals surface area contributed by atoms with Gasteiger partial charge in [-0.1, -0.05) is 19.1 Å². The number of amides is 2. The lowest BCUT2D eigenvalue weighted by Crippen LogP contribution is -2.35. The molecule has 1 unspecified atom stereocenters. The van der Waals surface area contributed by atoms with Crippen LogP contribution in [0.2, 0.25) is 0 Å². The minimum Gasteiger partial charge on any atom is -0.493 e. The van der Waals surface area contributed by atoms with Crippen molar-refractivity contribution < 1.29 is 19.1 Å². The number of nitrogens with zero attached hydrogens (tertiary/aromatic N) is 1. The van der Waals surface area contributed by atoms with Crippen molar-refractivity contribution in [2.75, 3.05) is 31.0 Å². The molecular formula is C19H20N2O4. The first-order valence-corrected chi connectivity index (χ1v) is 7.99. The van der Waals surface area contributed by atoms with Crippen LogP contribution < -0.4 is 19.7 Å². The Bertz CT molecular complexity index is 819. The van der Waals surface area contributed by atoms with Crippen LogP contribution in [0.3, 0.4) is 0 Å². The summed E-state index contributed by atoms with van der Waals surface area (Å²) in [4.78, 5) is 26.9. The Labute approximate surface area is 146 Å². The largest absolute Gasteiger partial charge is 0.493 e. The van der Waals surface area contributed by atoms with E-state index in [9.17, 15) is 9.59 Å². The third kappa shape index (κ3) is 3.15. The number of carbonyl (C=O) groups is 2. The van der Waals surface area contributed by atoms with Crippen LogP contribution in [0.1, 0.15) is 17.3 Å². The van der Waals surface area contributed by atoms with E-state index in [1.165, 1.54) is 7.11 Å². The van der Waals surface area contributed by atoms with Gasteiger partial charge in [-0.2, -0.15) is 0 Å². The van der Waals surface area contributed by atoms with E-state index in [0.717, 1.165) is 0 Å². The van der Waals surface area contributed by atoms with Crippen molar-refractivity contribution in [3.8, 4) is 11.5 Å². The van der Waals surface area contributed by atoms with Gasteiger partial charge in [0.05, 0.1) is 31.5 Å². The van der Waals surface area contributed by atoms with Gasteiger partial charge in [0.15, 0.2) is 11.5 Å². The Hall–Kier alpha value is -3.02. The zero-order valence-corrected chi connectivity index (χ0v) is 14.4. The van der Waals surface area contributed by atoms with Crippen molar-refractivity contribution in [1.29, 1.82) is 0 Å². The SMILES string of the molecule is COc1ccc(C(=O)N2CC(C)C(=O)Nc3ccccc32)cc1OC. The predicted octanol–water partition coefficient (Wildman–Crippen LogP) is 2.94. The highest BCUT2D eigenvalue weighted by Gasteiger charge is 2.29. The van der Waals surface area contributed by atoms with E-state index in [0.29, 0.717) is 35.0 Å². The van der Waals surface area contributed by atoms with Gasteiger partial charge < -0.3 is 19.7 Å². The normalized spacial score (nSPS) is 16.5. The van der Waals surface area contributed by atoms with Gasteiger partial charge in [-0.05, 0) is 30.3 Å². The van der Waals surface area contributed by atoms with Gasteiger partial charge in [0, 0.05) is 12.1 Å². The molecule has 0 fully saturated rings. The highest BCUT2D eigenvalue weighted by molar-refractivity contribution is 6.11. The molecule has 3 rings (SSSR count). The average molecular weight is 340 g/mol. The molecule has 0 aromatic heterocycles. The molecule has 0 aliphatic carbocycles. The maximum Gasteiger partial charge on any atom is 0.258 e. The number of ether oxygens (including phenoxy) is 2. The molecule has 2 aromatic carbocycles. The lowest BCUT2D eigenvalue weighted by molar-refractivity contribution is -0.119. The number of nitrogens with one attached hydrogen (secondary N) is 1. The summed E-state index contributed by atoms with van der Waals surface area (Å²) in [5, 5.41) is 2.87. The first kappa shape index (κ1) is 16.8. The van der Waals surface area contributed by atoms with Crippen molar-refractivity contribution in [3.05, 3.63) is 48.0 Å². The first-order chi connectivity index (χ1) is 12.0. The highest BCUT2D eigenvalue weighted by atomic mass is 16.5. The minimum absolute atomic E-state index is 0.102. The molecule has 1 atom stereocenters. The van der Waals surface area contributed by atoms with Crippen LogP contribution in [-0.2, 0) is 4.79 Å². The molecule has 1 aliphatic rings. The predicted molar refractivity (Wildman–Crippen MR) is 95.5 cm³/mol. The molecule has 0 saturated carbocycles. The Kier molecular flexibility index (Phi) is 4.61. The quantitative estimate of drug-likeness (QED) is 0.933. The Morgan fingerprint density at radius 1 is 1.12 bits per heavy atom. The number of anilines is 2. The number of fused-ring (bicyclic) bond motifs is 1. The van der Waals surface area contributed by atoms with Crippen LogP contribution in [0.25, 0.3) is 0 Å². The smallest absolute Gasteiger partial charge is 0.258 e. The van der Waals surface area contributed by atoms with Gasteiger partial charge in [0.2, 0.25) is 5.91 Å². The lowest BCUT2D eigenvalue weighted by Gasteiger charge is -2.24. The van der Waals surface area contributed by atoms with Gasteiger partial charge in [0.25, 0.3) is 5.91 Å². The van der Waals surface area contributed by atoms with E-state index in [2.05, 4.69) is 5.32 Å². The topological polar surface area (TPSA) is 67.9 Å². The number of carbonyl (C=O) groups excluding carboxylic acids is 2. The molecule has 0 bridgehead atoms. The Balaban J connectivity index is 2.02. The number of benzene rings is 2. The van der Waals surface area contributed by atoms with Crippen molar-refractivity contribution in [3.63, 3.8) is 0 Å². The van der Waals surface area contributed by atoms with E-state index in [1.54, 1.807) is 43.2 Å². The summed E-state index contributed by atoms with van der Waals surface area (Å²) >= 11 is 0. The molecule has 25 heavy (non-hydrogen) atoms. The second-order valence-electron chi connectivity index (χ2n) is 5.89. The van der Waals surface area contributed by atoms with E-state index >= 15 is 0 Å². The van der Waals surface area contributed by atoms with E-state index in [1.807, 2.05) is 18.2 Å². The number of methoxy groups -OCH3 is 2. The Morgan fingerprint density at radius 3 is 2.56 bits per heavy atom. The van der Waals surface area contributed by atoms with E-state index in [4.69, 9.17) is 9.47 Å². The van der Waals surface area contributed by atoms with E-state index < -0.39 is 0 Å². The number of hydrogen-bond acceptors (Lipinski definition) is 4. The van der Waals surface area contributed by atoms with Gasteiger partial charge in [-0.15, -0.1) is 0 Å². The van der Waals surface area contributed by atoms with Crippen LogP contribution in [-0.4, -0.2) is 32.6 Å². The second kappa shape index (κ2) is 6.84. The molecule has 2 amide bonds. The third-order valence-corrected chi connectivity index (χ3v) is 4.23. The molecular weight excluding hydrogens is 320 g/mol. The molecule has 0 saturated heterocycles. The third-order valence-electron chi connectivity index (χ3n) is 4.23. The summed E-state index contributed by atoms with van der Waals surface area (Å²) in [7, 11) is 3.07. The number of para-hydroxylation sites is 2. The molecule has 6 nitrogen and oxygen atoms in total. The Morgan fingerprint density at radius 2 is 1.84 bits per heavy atom. The summed E-state index contributed by atoms with van der Waals surface area (Å²) in [6.45, 7) is 2.10. The maximum atomic E-state index is 13.1. The zero-order chi connectivity index (χ0) is 18.0. The number of rotatable bonds is 3. The molecule has 6 heteroatoms. The molecule has 1 N–H and O–H groups in total. The summed E-state index contributed by atoms with van der Waals surface area (Å²) < 4.78 is 10.5. The van der Waals surface area contributed by atoms with Crippen LogP contribution in [0.15, 0.2) is 42.5 Å². The van der Waals surface area contributed by atoms with Crippen LogP contribution >= 0.6 is 0 Å². The summed E-state index contributed by atoms with van der Waals surface area (Å²) in [6, 6.07) is 12.3. The molecule has 1 aliphatic heterocycles. The van der Waals surface area contributed by atoms with Crippen molar-refractivity contribution >= 4 is 23.2 Å². The molecule has 0 radical (unpaired) electrons. The molecule has 1 heterocycles. The van der Waals surface area contributed by atoms with Crippen LogP contribution in [0.4, 0.5) is 11.4 Å². The van der Waals surface area contributed by atoms with Gasteiger partial charge in [-0.25, -0.2) is 0 Å². The van der Waals surface area contributed by atoms with Gasteiger partial charge >= 0.3 is 0 Å². The second-order valence-corrected chi connectivity index (χ2v) is 5.89. The molecule has 2 aromatic rings. The first-order valence-electron chi connectivity index (χ1n) is 7.99. The maximum absolute atomic E-state index is 13.1. The molecule has 0 spiro atoms. The lowest BCUT2D eigenvalue weighted by atomic mass is 10.1.